The van der Waals surface area contributed by atoms with Gasteiger partial charge in [-0.2, -0.15) is 4.31 Å². The van der Waals surface area contributed by atoms with Gasteiger partial charge in [-0.1, -0.05) is 48.0 Å². The van der Waals surface area contributed by atoms with Gasteiger partial charge in [0.2, 0.25) is 15.9 Å². The van der Waals surface area contributed by atoms with Crippen molar-refractivity contribution in [1.29, 1.82) is 0 Å². The number of hydrogen-bond donors (Lipinski definition) is 1. The maximum atomic E-state index is 13.2. The van der Waals surface area contributed by atoms with Crippen molar-refractivity contribution in [2.24, 2.45) is 0 Å². The number of amides is 1. The normalized spacial score (nSPS) is 21.2. The van der Waals surface area contributed by atoms with Crippen LogP contribution in [0.15, 0.2) is 59.5 Å². The summed E-state index contributed by atoms with van der Waals surface area (Å²) in [5.41, 5.74) is 1.95. The minimum absolute atomic E-state index is 0.184. The molecule has 2 aromatic carbocycles. The molecular weight excluding hydrogens is 448 g/mol. The van der Waals surface area contributed by atoms with Gasteiger partial charge in [-0.3, -0.25) is 9.59 Å². The van der Waals surface area contributed by atoms with E-state index in [2.05, 4.69) is 0 Å². The number of carbonyl (C=O) groups is 2. The third-order valence-electron chi connectivity index (χ3n) is 6.10. The minimum Gasteiger partial charge on any atom is -0.481 e. The van der Waals surface area contributed by atoms with Gasteiger partial charge in [0.1, 0.15) is 0 Å². The number of nitrogens with zero attached hydrogens (tertiary/aromatic N) is 2. The predicted molar refractivity (Wildman–Crippen MR) is 123 cm³/mol. The second kappa shape index (κ2) is 8.88. The number of aryl methyl sites for hydroxylation is 1. The fourth-order valence-corrected chi connectivity index (χ4v) is 7.48. The summed E-state index contributed by atoms with van der Waals surface area (Å²) in [6, 6.07) is 16.4. The Morgan fingerprint density at radius 3 is 2.31 bits per heavy atom. The van der Waals surface area contributed by atoms with Crippen molar-refractivity contribution >= 4 is 33.7 Å². The Kier molecular flexibility index (Phi) is 6.33. The molecule has 7 nitrogen and oxygen atoms in total. The van der Waals surface area contributed by atoms with E-state index in [9.17, 15) is 23.1 Å². The zero-order chi connectivity index (χ0) is 22.9. The van der Waals surface area contributed by atoms with Crippen molar-refractivity contribution in [2.75, 3.05) is 13.1 Å². The molecule has 1 unspecified atom stereocenters. The lowest BCUT2D eigenvalue weighted by atomic mass is 10.0. The summed E-state index contributed by atoms with van der Waals surface area (Å²) >= 11 is 1.38. The van der Waals surface area contributed by atoms with Crippen molar-refractivity contribution in [3.8, 4) is 0 Å². The minimum atomic E-state index is -3.62. The van der Waals surface area contributed by atoms with Gasteiger partial charge in [0.05, 0.1) is 21.4 Å². The Bertz CT molecular complexity index is 1090. The van der Waals surface area contributed by atoms with Gasteiger partial charge in [0, 0.05) is 19.6 Å². The summed E-state index contributed by atoms with van der Waals surface area (Å²) in [4.78, 5) is 25.9. The van der Waals surface area contributed by atoms with Crippen LogP contribution in [0.25, 0.3) is 0 Å². The highest BCUT2D eigenvalue weighted by molar-refractivity contribution is 8.02. The number of rotatable bonds is 6. The average molecular weight is 475 g/mol. The van der Waals surface area contributed by atoms with Crippen LogP contribution >= 0.6 is 11.8 Å². The SMILES string of the molecule is Cc1ccc(S(=O)(=O)N2CCC3(CC2)SC(CC(=O)O)C(=O)N3Cc2ccccc2)cc1. The first-order chi connectivity index (χ1) is 15.2. The van der Waals surface area contributed by atoms with Gasteiger partial charge in [-0.15, -0.1) is 11.8 Å². The van der Waals surface area contributed by atoms with Crippen LogP contribution in [0.3, 0.4) is 0 Å². The molecule has 0 aromatic heterocycles. The van der Waals surface area contributed by atoms with E-state index in [1.165, 1.54) is 16.1 Å². The molecule has 1 N–H and O–H groups in total. The largest absolute Gasteiger partial charge is 0.481 e. The lowest BCUT2D eigenvalue weighted by Gasteiger charge is -2.43. The fraction of sp³-hybridized carbons (Fsp3) is 0.391. The molecule has 2 heterocycles. The second-order valence-electron chi connectivity index (χ2n) is 8.28. The maximum absolute atomic E-state index is 13.2. The lowest BCUT2D eigenvalue weighted by Crippen LogP contribution is -2.52. The fourth-order valence-electron chi connectivity index (χ4n) is 4.35. The number of thioether (sulfide) groups is 1. The number of hydrogen-bond acceptors (Lipinski definition) is 5. The first kappa shape index (κ1) is 22.8. The predicted octanol–water partition coefficient (Wildman–Crippen LogP) is 3.09. The molecule has 2 aliphatic heterocycles. The summed E-state index contributed by atoms with van der Waals surface area (Å²) in [7, 11) is -3.62. The van der Waals surface area contributed by atoms with Gasteiger partial charge >= 0.3 is 5.97 Å². The molecule has 2 aromatic rings. The van der Waals surface area contributed by atoms with Crippen molar-refractivity contribution in [3.63, 3.8) is 0 Å². The Labute approximate surface area is 192 Å². The van der Waals surface area contributed by atoms with Crippen LogP contribution in [0.4, 0.5) is 0 Å². The smallest absolute Gasteiger partial charge is 0.305 e. The zero-order valence-corrected chi connectivity index (χ0v) is 19.4. The highest BCUT2D eigenvalue weighted by Crippen LogP contribution is 2.50. The molecule has 0 saturated carbocycles. The summed E-state index contributed by atoms with van der Waals surface area (Å²) < 4.78 is 27.7. The summed E-state index contributed by atoms with van der Waals surface area (Å²) in [6.45, 7) is 2.85. The Morgan fingerprint density at radius 1 is 1.09 bits per heavy atom. The Balaban J connectivity index is 1.56. The third kappa shape index (κ3) is 4.42. The maximum Gasteiger partial charge on any atom is 0.305 e. The lowest BCUT2D eigenvalue weighted by molar-refractivity contribution is -0.141. The highest BCUT2D eigenvalue weighted by atomic mass is 32.2. The molecule has 2 fully saturated rings. The highest BCUT2D eigenvalue weighted by Gasteiger charge is 2.53. The molecule has 2 aliphatic rings. The number of carboxylic acid groups (broad SMARTS) is 1. The van der Waals surface area contributed by atoms with Crippen LogP contribution in [0.5, 0.6) is 0 Å². The number of piperidine rings is 1. The zero-order valence-electron chi connectivity index (χ0n) is 17.8. The van der Waals surface area contributed by atoms with E-state index in [4.69, 9.17) is 0 Å². The summed E-state index contributed by atoms with van der Waals surface area (Å²) in [5, 5.41) is 8.62. The van der Waals surface area contributed by atoms with Crippen molar-refractivity contribution in [2.45, 2.75) is 47.7 Å². The summed E-state index contributed by atoms with van der Waals surface area (Å²) in [5.74, 6) is -1.19. The first-order valence-corrected chi connectivity index (χ1v) is 12.9. The van der Waals surface area contributed by atoms with E-state index >= 15 is 0 Å². The van der Waals surface area contributed by atoms with Gasteiger partial charge in [-0.05, 0) is 37.5 Å². The Hall–Kier alpha value is -2.36. The molecule has 2 saturated heterocycles. The average Bonchev–Trinajstić information content (AvgIpc) is 3.00. The number of benzene rings is 2. The number of carbonyl (C=O) groups excluding carboxylic acids is 1. The molecule has 4 rings (SSSR count). The van der Waals surface area contributed by atoms with Crippen molar-refractivity contribution in [3.05, 3.63) is 65.7 Å². The molecule has 1 atom stereocenters. The topological polar surface area (TPSA) is 95.0 Å². The van der Waals surface area contributed by atoms with E-state index < -0.39 is 26.1 Å². The van der Waals surface area contributed by atoms with E-state index in [1.54, 1.807) is 29.2 Å². The molecule has 1 spiro atoms. The molecule has 0 radical (unpaired) electrons. The van der Waals surface area contributed by atoms with E-state index in [1.807, 2.05) is 37.3 Å². The van der Waals surface area contributed by atoms with E-state index in [-0.39, 0.29) is 30.3 Å². The van der Waals surface area contributed by atoms with Crippen molar-refractivity contribution < 1.29 is 23.1 Å². The van der Waals surface area contributed by atoms with Crippen LogP contribution in [0.1, 0.15) is 30.4 Å². The third-order valence-corrected chi connectivity index (χ3v) is 9.73. The van der Waals surface area contributed by atoms with Gasteiger partial charge in [0.15, 0.2) is 0 Å². The quantitative estimate of drug-likeness (QED) is 0.691. The standard InChI is InChI=1S/C23H26N2O5S2/c1-17-7-9-19(10-8-17)32(29,30)24-13-11-23(12-14-24)25(16-18-5-3-2-4-6-18)22(28)20(31-23)15-21(26)27/h2-10,20H,11-16H2,1H3,(H,26,27). The van der Waals surface area contributed by atoms with Crippen LogP contribution in [0.2, 0.25) is 0 Å². The number of carboxylic acids is 1. The van der Waals surface area contributed by atoms with Crippen LogP contribution in [0, 0.1) is 6.92 Å². The van der Waals surface area contributed by atoms with E-state index in [0.717, 1.165) is 11.1 Å². The van der Waals surface area contributed by atoms with Crippen LogP contribution in [-0.2, 0) is 26.2 Å². The molecule has 32 heavy (non-hydrogen) atoms. The number of aliphatic carboxylic acids is 1. The molecular formula is C23H26N2O5S2. The van der Waals surface area contributed by atoms with Crippen LogP contribution < -0.4 is 0 Å². The second-order valence-corrected chi connectivity index (χ2v) is 11.8. The van der Waals surface area contributed by atoms with Crippen molar-refractivity contribution in [1.82, 2.24) is 9.21 Å². The van der Waals surface area contributed by atoms with Crippen LogP contribution in [-0.4, -0.2) is 57.8 Å². The monoisotopic (exact) mass is 474 g/mol. The van der Waals surface area contributed by atoms with E-state index in [0.29, 0.717) is 19.4 Å². The molecule has 9 heteroatoms. The molecule has 0 bridgehead atoms. The molecule has 0 aliphatic carbocycles. The molecule has 170 valence electrons. The first-order valence-electron chi connectivity index (χ1n) is 10.5. The Morgan fingerprint density at radius 2 is 1.72 bits per heavy atom. The van der Waals surface area contributed by atoms with Gasteiger partial charge in [0.25, 0.3) is 0 Å². The van der Waals surface area contributed by atoms with Gasteiger partial charge in [-0.25, -0.2) is 8.42 Å². The number of sulfonamides is 1. The summed E-state index contributed by atoms with van der Waals surface area (Å²) in [6.07, 6.45) is 0.677. The van der Waals surface area contributed by atoms with Gasteiger partial charge < -0.3 is 10.0 Å². The molecule has 1 amide bonds.